The van der Waals surface area contributed by atoms with Crippen molar-refractivity contribution in [2.45, 2.75) is 25.2 Å². The fourth-order valence-corrected chi connectivity index (χ4v) is 3.14. The van der Waals surface area contributed by atoms with Crippen LogP contribution in [0.2, 0.25) is 0 Å². The van der Waals surface area contributed by atoms with Crippen LogP contribution < -0.4 is 5.32 Å². The molecule has 4 heteroatoms. The van der Waals surface area contributed by atoms with Crippen LogP contribution in [0.25, 0.3) is 10.9 Å². The van der Waals surface area contributed by atoms with Gasteiger partial charge in [-0.3, -0.25) is 9.89 Å². The maximum Gasteiger partial charge on any atom is 0.272 e. The highest BCUT2D eigenvalue weighted by Crippen LogP contribution is 2.47. The first-order chi connectivity index (χ1) is 11.2. The third-order valence-corrected chi connectivity index (χ3v) is 4.76. The Morgan fingerprint density at radius 2 is 2.00 bits per heavy atom. The SMILES string of the molecule is Cc1ccc2[nH]nc(C(=O)NCC3(c4ccccc4)CC3)c2c1. The first kappa shape index (κ1) is 14.0. The van der Waals surface area contributed by atoms with Gasteiger partial charge in [0.1, 0.15) is 0 Å². The van der Waals surface area contributed by atoms with Crippen LogP contribution in [0.1, 0.15) is 34.5 Å². The molecule has 0 saturated heterocycles. The Kier molecular flexibility index (Phi) is 3.18. The predicted molar refractivity (Wildman–Crippen MR) is 90.5 cm³/mol. The van der Waals surface area contributed by atoms with Crippen molar-refractivity contribution >= 4 is 16.8 Å². The Balaban J connectivity index is 1.53. The Morgan fingerprint density at radius 1 is 1.22 bits per heavy atom. The number of carbonyl (C=O) groups excluding carboxylic acids is 1. The zero-order valence-corrected chi connectivity index (χ0v) is 13.1. The highest BCUT2D eigenvalue weighted by molar-refractivity contribution is 6.04. The molecule has 0 atom stereocenters. The summed E-state index contributed by atoms with van der Waals surface area (Å²) in [6, 6.07) is 16.4. The lowest BCUT2D eigenvalue weighted by Crippen LogP contribution is -2.32. The number of hydrogen-bond acceptors (Lipinski definition) is 2. The third-order valence-electron chi connectivity index (χ3n) is 4.76. The smallest absolute Gasteiger partial charge is 0.272 e. The van der Waals surface area contributed by atoms with E-state index in [0.717, 1.165) is 29.3 Å². The van der Waals surface area contributed by atoms with E-state index in [1.807, 2.05) is 31.2 Å². The van der Waals surface area contributed by atoms with Gasteiger partial charge in [-0.05, 0) is 37.5 Å². The van der Waals surface area contributed by atoms with Gasteiger partial charge in [0.15, 0.2) is 5.69 Å². The molecule has 1 amide bonds. The molecule has 1 aromatic heterocycles. The Hall–Kier alpha value is -2.62. The van der Waals surface area contributed by atoms with E-state index in [9.17, 15) is 4.79 Å². The molecule has 4 rings (SSSR count). The second-order valence-corrected chi connectivity index (χ2v) is 6.45. The molecule has 1 saturated carbocycles. The lowest BCUT2D eigenvalue weighted by Gasteiger charge is -2.16. The number of rotatable bonds is 4. The van der Waals surface area contributed by atoms with E-state index in [-0.39, 0.29) is 11.3 Å². The molecular formula is C19H19N3O. The van der Waals surface area contributed by atoms with E-state index in [0.29, 0.717) is 12.2 Å². The van der Waals surface area contributed by atoms with Crippen molar-refractivity contribution in [1.82, 2.24) is 15.5 Å². The van der Waals surface area contributed by atoms with Crippen molar-refractivity contribution in [2.75, 3.05) is 6.54 Å². The van der Waals surface area contributed by atoms with Crippen LogP contribution >= 0.6 is 0 Å². The molecular weight excluding hydrogens is 286 g/mol. The van der Waals surface area contributed by atoms with Gasteiger partial charge in [-0.1, -0.05) is 42.0 Å². The first-order valence-electron chi connectivity index (χ1n) is 7.96. The van der Waals surface area contributed by atoms with Crippen LogP contribution in [0.4, 0.5) is 0 Å². The fraction of sp³-hybridized carbons (Fsp3) is 0.263. The van der Waals surface area contributed by atoms with E-state index in [1.54, 1.807) is 0 Å². The van der Waals surface area contributed by atoms with Crippen LogP contribution in [0, 0.1) is 6.92 Å². The predicted octanol–water partition coefficient (Wildman–Crippen LogP) is 3.33. The summed E-state index contributed by atoms with van der Waals surface area (Å²) in [5.74, 6) is -0.107. The number of aromatic nitrogens is 2. The molecule has 0 bridgehead atoms. The minimum atomic E-state index is -0.107. The lowest BCUT2D eigenvalue weighted by atomic mass is 9.96. The molecule has 0 spiro atoms. The minimum absolute atomic E-state index is 0.107. The number of nitrogens with one attached hydrogen (secondary N) is 2. The Morgan fingerprint density at radius 3 is 2.74 bits per heavy atom. The zero-order valence-electron chi connectivity index (χ0n) is 13.1. The molecule has 3 aromatic rings. The van der Waals surface area contributed by atoms with Gasteiger partial charge in [-0.2, -0.15) is 5.10 Å². The molecule has 2 N–H and O–H groups in total. The number of aromatic amines is 1. The van der Waals surface area contributed by atoms with Crippen LogP contribution in [-0.4, -0.2) is 22.6 Å². The van der Waals surface area contributed by atoms with Crippen LogP contribution in [-0.2, 0) is 5.41 Å². The summed E-state index contributed by atoms with van der Waals surface area (Å²) in [5, 5.41) is 11.1. The van der Waals surface area contributed by atoms with Gasteiger partial charge in [0.2, 0.25) is 0 Å². The van der Waals surface area contributed by atoms with Crippen LogP contribution in [0.3, 0.4) is 0 Å². The Labute approximate surface area is 134 Å². The van der Waals surface area contributed by atoms with E-state index >= 15 is 0 Å². The molecule has 1 heterocycles. The number of amides is 1. The summed E-state index contributed by atoms with van der Waals surface area (Å²) >= 11 is 0. The second kappa shape index (κ2) is 5.23. The molecule has 1 aliphatic carbocycles. The van der Waals surface area contributed by atoms with Crippen LogP contribution in [0.15, 0.2) is 48.5 Å². The summed E-state index contributed by atoms with van der Waals surface area (Å²) in [6.07, 6.45) is 2.25. The quantitative estimate of drug-likeness (QED) is 0.777. The summed E-state index contributed by atoms with van der Waals surface area (Å²) in [6.45, 7) is 2.68. The maximum atomic E-state index is 12.5. The molecule has 116 valence electrons. The number of carbonyl (C=O) groups is 1. The zero-order chi connectivity index (χ0) is 15.9. The summed E-state index contributed by atoms with van der Waals surface area (Å²) in [7, 11) is 0. The standard InChI is InChI=1S/C19H19N3O/c1-13-7-8-16-15(11-13)17(22-21-16)18(23)20-12-19(9-10-19)14-5-3-2-4-6-14/h2-8,11H,9-10,12H2,1H3,(H,20,23)(H,21,22). The van der Waals surface area contributed by atoms with E-state index in [4.69, 9.17) is 0 Å². The molecule has 0 aliphatic heterocycles. The molecule has 23 heavy (non-hydrogen) atoms. The number of fused-ring (bicyclic) bond motifs is 1. The number of aryl methyl sites for hydroxylation is 1. The van der Waals surface area contributed by atoms with Crippen LogP contribution in [0.5, 0.6) is 0 Å². The van der Waals surface area contributed by atoms with Gasteiger partial charge in [0, 0.05) is 17.3 Å². The van der Waals surface area contributed by atoms with Gasteiger partial charge in [-0.25, -0.2) is 0 Å². The van der Waals surface area contributed by atoms with E-state index in [2.05, 4.69) is 39.8 Å². The van der Waals surface area contributed by atoms with Crippen molar-refractivity contribution < 1.29 is 4.79 Å². The van der Waals surface area contributed by atoms with Crippen molar-refractivity contribution in [1.29, 1.82) is 0 Å². The third kappa shape index (κ3) is 2.50. The van der Waals surface area contributed by atoms with E-state index in [1.165, 1.54) is 5.56 Å². The van der Waals surface area contributed by atoms with Crippen molar-refractivity contribution in [3.63, 3.8) is 0 Å². The van der Waals surface area contributed by atoms with Crippen molar-refractivity contribution in [3.8, 4) is 0 Å². The van der Waals surface area contributed by atoms with E-state index < -0.39 is 0 Å². The normalized spacial score (nSPS) is 15.5. The molecule has 0 radical (unpaired) electrons. The van der Waals surface area contributed by atoms with Gasteiger partial charge in [0.25, 0.3) is 5.91 Å². The topological polar surface area (TPSA) is 57.8 Å². The molecule has 0 unspecified atom stereocenters. The fourth-order valence-electron chi connectivity index (χ4n) is 3.14. The average Bonchev–Trinajstić information content (AvgIpc) is 3.26. The molecule has 1 fully saturated rings. The Bertz CT molecular complexity index is 863. The molecule has 2 aromatic carbocycles. The highest BCUT2D eigenvalue weighted by atomic mass is 16.1. The second-order valence-electron chi connectivity index (χ2n) is 6.45. The summed E-state index contributed by atoms with van der Waals surface area (Å²) in [5.41, 5.74) is 3.91. The van der Waals surface area contributed by atoms with Gasteiger partial charge in [0.05, 0.1) is 5.52 Å². The van der Waals surface area contributed by atoms with Crippen molar-refractivity contribution in [2.24, 2.45) is 0 Å². The van der Waals surface area contributed by atoms with Gasteiger partial charge >= 0.3 is 0 Å². The minimum Gasteiger partial charge on any atom is -0.350 e. The monoisotopic (exact) mass is 305 g/mol. The molecule has 1 aliphatic rings. The summed E-state index contributed by atoms with van der Waals surface area (Å²) in [4.78, 5) is 12.5. The van der Waals surface area contributed by atoms with Gasteiger partial charge in [-0.15, -0.1) is 0 Å². The van der Waals surface area contributed by atoms with Gasteiger partial charge < -0.3 is 5.32 Å². The lowest BCUT2D eigenvalue weighted by molar-refractivity contribution is 0.0946. The maximum absolute atomic E-state index is 12.5. The number of benzene rings is 2. The number of hydrogen-bond donors (Lipinski definition) is 2. The largest absolute Gasteiger partial charge is 0.350 e. The van der Waals surface area contributed by atoms with Crippen molar-refractivity contribution in [3.05, 3.63) is 65.4 Å². The number of H-pyrrole nitrogens is 1. The molecule has 4 nitrogen and oxygen atoms in total. The first-order valence-corrected chi connectivity index (χ1v) is 7.96. The average molecular weight is 305 g/mol. The summed E-state index contributed by atoms with van der Waals surface area (Å²) < 4.78 is 0. The number of nitrogens with zero attached hydrogens (tertiary/aromatic N) is 1. The highest BCUT2D eigenvalue weighted by Gasteiger charge is 2.44.